The molecular weight excluding hydrogens is 384 g/mol. The molecule has 0 radical (unpaired) electrons. The number of carbonyl (C=O) groups excluding carboxylic acids is 3. The number of hydrogen-bond acceptors (Lipinski definition) is 6. The van der Waals surface area contributed by atoms with Crippen LogP contribution in [-0.2, 0) is 4.79 Å². The molecule has 0 atom stereocenters. The van der Waals surface area contributed by atoms with E-state index in [1.807, 2.05) is 0 Å². The van der Waals surface area contributed by atoms with E-state index in [2.05, 4.69) is 10.9 Å². The highest BCUT2D eigenvalue weighted by atomic mass is 32.2. The number of nitrogens with zero attached hydrogens (tertiary/aromatic N) is 2. The van der Waals surface area contributed by atoms with Crippen LogP contribution in [0.25, 0.3) is 0 Å². The fourth-order valence-corrected chi connectivity index (χ4v) is 3.06. The predicted molar refractivity (Wildman–Crippen MR) is 104 cm³/mol. The molecule has 0 aliphatic carbocycles. The van der Waals surface area contributed by atoms with E-state index < -0.39 is 16.7 Å². The number of rotatable bonds is 6. The third-order valence-corrected chi connectivity index (χ3v) is 4.67. The van der Waals surface area contributed by atoms with Crippen molar-refractivity contribution >= 4 is 35.2 Å². The largest absolute Gasteiger partial charge is 0.348 e. The van der Waals surface area contributed by atoms with E-state index in [4.69, 9.17) is 0 Å². The number of nitro benzene ring substituents is 1. The molecule has 0 fully saturated rings. The summed E-state index contributed by atoms with van der Waals surface area (Å²) in [5, 5.41) is 10.6. The maximum atomic E-state index is 12.4. The van der Waals surface area contributed by atoms with Crippen molar-refractivity contribution in [1.82, 2.24) is 15.8 Å². The third-order valence-electron chi connectivity index (χ3n) is 3.61. The summed E-state index contributed by atoms with van der Waals surface area (Å²) in [4.78, 5) is 48.4. The van der Waals surface area contributed by atoms with E-state index >= 15 is 0 Å². The molecule has 0 aromatic heterocycles. The van der Waals surface area contributed by atoms with Crippen molar-refractivity contribution in [3.8, 4) is 0 Å². The van der Waals surface area contributed by atoms with Gasteiger partial charge in [0, 0.05) is 36.7 Å². The van der Waals surface area contributed by atoms with Gasteiger partial charge in [-0.05, 0) is 24.3 Å². The number of hydrazine groups is 1. The molecule has 0 aliphatic rings. The maximum absolute atomic E-state index is 12.4. The standard InChI is InChI=1S/C18H18N4O5S/c1-21(2)16(23)11-28-15-6-4-3-5-14(15)18(25)20-19-17(24)12-7-9-13(10-8-12)22(26)27/h3-10H,11H2,1-2H3,(H,19,24)(H,20,25). The summed E-state index contributed by atoms with van der Waals surface area (Å²) in [5.41, 5.74) is 4.89. The fraction of sp³-hybridized carbons (Fsp3) is 0.167. The van der Waals surface area contributed by atoms with Gasteiger partial charge in [-0.2, -0.15) is 0 Å². The zero-order valence-corrected chi connectivity index (χ0v) is 16.0. The van der Waals surface area contributed by atoms with Crippen molar-refractivity contribution < 1.29 is 19.3 Å². The van der Waals surface area contributed by atoms with Crippen LogP contribution in [0, 0.1) is 10.1 Å². The smallest absolute Gasteiger partial charge is 0.270 e. The van der Waals surface area contributed by atoms with Crippen molar-refractivity contribution in [3.63, 3.8) is 0 Å². The van der Waals surface area contributed by atoms with Gasteiger partial charge in [0.25, 0.3) is 17.5 Å². The molecule has 0 saturated carbocycles. The Bertz CT molecular complexity index is 899. The summed E-state index contributed by atoms with van der Waals surface area (Å²) in [6.07, 6.45) is 0. The molecule has 2 aromatic carbocycles. The zero-order chi connectivity index (χ0) is 20.7. The second kappa shape index (κ2) is 9.51. The molecular formula is C18H18N4O5S. The van der Waals surface area contributed by atoms with Gasteiger partial charge in [0.2, 0.25) is 5.91 Å². The summed E-state index contributed by atoms with van der Waals surface area (Å²) in [6, 6.07) is 11.7. The molecule has 2 aromatic rings. The lowest BCUT2D eigenvalue weighted by molar-refractivity contribution is -0.384. The topological polar surface area (TPSA) is 122 Å². The van der Waals surface area contributed by atoms with Crippen LogP contribution in [0.1, 0.15) is 20.7 Å². The first kappa shape index (κ1) is 20.9. The molecule has 28 heavy (non-hydrogen) atoms. The van der Waals surface area contributed by atoms with Crippen LogP contribution in [0.5, 0.6) is 0 Å². The molecule has 2 rings (SSSR count). The highest BCUT2D eigenvalue weighted by Gasteiger charge is 2.15. The summed E-state index contributed by atoms with van der Waals surface area (Å²) in [7, 11) is 3.30. The van der Waals surface area contributed by atoms with Crippen LogP contribution in [0.3, 0.4) is 0 Å². The highest BCUT2D eigenvalue weighted by Crippen LogP contribution is 2.22. The third kappa shape index (κ3) is 5.55. The van der Waals surface area contributed by atoms with E-state index in [9.17, 15) is 24.5 Å². The molecule has 10 heteroatoms. The van der Waals surface area contributed by atoms with Crippen LogP contribution in [0.4, 0.5) is 5.69 Å². The molecule has 0 unspecified atom stereocenters. The summed E-state index contributed by atoms with van der Waals surface area (Å²) < 4.78 is 0. The Morgan fingerprint density at radius 1 is 1.00 bits per heavy atom. The normalized spacial score (nSPS) is 10.1. The Morgan fingerprint density at radius 2 is 1.61 bits per heavy atom. The number of amides is 3. The van der Waals surface area contributed by atoms with Gasteiger partial charge in [-0.25, -0.2) is 0 Å². The number of carbonyl (C=O) groups is 3. The summed E-state index contributed by atoms with van der Waals surface area (Å²) in [6.45, 7) is 0. The first-order valence-corrected chi connectivity index (χ1v) is 9.05. The van der Waals surface area contributed by atoms with Crippen molar-refractivity contribution in [1.29, 1.82) is 0 Å². The average molecular weight is 402 g/mol. The minimum Gasteiger partial charge on any atom is -0.348 e. The molecule has 9 nitrogen and oxygen atoms in total. The van der Waals surface area contributed by atoms with Crippen LogP contribution in [-0.4, -0.2) is 47.4 Å². The monoisotopic (exact) mass is 402 g/mol. The Balaban J connectivity index is 2.00. The van der Waals surface area contributed by atoms with E-state index in [1.165, 1.54) is 40.9 Å². The number of thioether (sulfide) groups is 1. The molecule has 0 aliphatic heterocycles. The van der Waals surface area contributed by atoms with Crippen LogP contribution < -0.4 is 10.9 Å². The minimum absolute atomic E-state index is 0.0910. The predicted octanol–water partition coefficient (Wildman–Crippen LogP) is 1.85. The van der Waals surface area contributed by atoms with Crippen LogP contribution in [0.15, 0.2) is 53.4 Å². The van der Waals surface area contributed by atoms with Gasteiger partial charge in [-0.15, -0.1) is 11.8 Å². The molecule has 0 bridgehead atoms. The van der Waals surface area contributed by atoms with Gasteiger partial charge in [-0.3, -0.25) is 35.3 Å². The van der Waals surface area contributed by atoms with Gasteiger partial charge in [0.05, 0.1) is 16.2 Å². The molecule has 146 valence electrons. The van der Waals surface area contributed by atoms with Gasteiger partial charge in [0.1, 0.15) is 0 Å². The summed E-state index contributed by atoms with van der Waals surface area (Å²) >= 11 is 1.22. The van der Waals surface area contributed by atoms with E-state index in [0.29, 0.717) is 10.5 Å². The van der Waals surface area contributed by atoms with E-state index in [0.717, 1.165) is 0 Å². The molecule has 3 amide bonds. The van der Waals surface area contributed by atoms with E-state index in [-0.39, 0.29) is 22.9 Å². The lowest BCUT2D eigenvalue weighted by atomic mass is 10.2. The van der Waals surface area contributed by atoms with Gasteiger partial charge < -0.3 is 4.90 Å². The Labute approximate surface area is 165 Å². The second-order valence-electron chi connectivity index (χ2n) is 5.79. The molecule has 0 heterocycles. The Kier molecular flexibility index (Phi) is 7.10. The zero-order valence-electron chi connectivity index (χ0n) is 15.2. The number of non-ortho nitro benzene ring substituents is 1. The molecule has 0 saturated heterocycles. The number of benzene rings is 2. The molecule has 2 N–H and O–H groups in total. The van der Waals surface area contributed by atoms with Gasteiger partial charge in [-0.1, -0.05) is 12.1 Å². The van der Waals surface area contributed by atoms with Crippen molar-refractivity contribution in [2.75, 3.05) is 19.8 Å². The minimum atomic E-state index is -0.615. The highest BCUT2D eigenvalue weighted by molar-refractivity contribution is 8.00. The van der Waals surface area contributed by atoms with Crippen molar-refractivity contribution in [2.45, 2.75) is 4.90 Å². The molecule has 0 spiro atoms. The lowest BCUT2D eigenvalue weighted by Gasteiger charge is -2.12. The fourth-order valence-electron chi connectivity index (χ4n) is 2.04. The van der Waals surface area contributed by atoms with E-state index in [1.54, 1.807) is 38.4 Å². The summed E-state index contributed by atoms with van der Waals surface area (Å²) in [5.74, 6) is -1.08. The Hall–Kier alpha value is -3.40. The van der Waals surface area contributed by atoms with Gasteiger partial charge in [0.15, 0.2) is 0 Å². The first-order valence-electron chi connectivity index (χ1n) is 8.06. The number of hydrogen-bond donors (Lipinski definition) is 2. The average Bonchev–Trinajstić information content (AvgIpc) is 2.70. The first-order chi connectivity index (χ1) is 13.3. The van der Waals surface area contributed by atoms with Crippen molar-refractivity contribution in [3.05, 3.63) is 69.8 Å². The second-order valence-corrected chi connectivity index (χ2v) is 6.80. The van der Waals surface area contributed by atoms with Crippen LogP contribution >= 0.6 is 11.8 Å². The van der Waals surface area contributed by atoms with Crippen LogP contribution in [0.2, 0.25) is 0 Å². The quantitative estimate of drug-likeness (QED) is 0.432. The lowest BCUT2D eigenvalue weighted by Crippen LogP contribution is -2.41. The van der Waals surface area contributed by atoms with Crippen molar-refractivity contribution in [2.24, 2.45) is 0 Å². The number of nitrogens with one attached hydrogen (secondary N) is 2. The SMILES string of the molecule is CN(C)C(=O)CSc1ccccc1C(=O)NNC(=O)c1ccc([N+](=O)[O-])cc1. The number of nitro groups is 1. The maximum Gasteiger partial charge on any atom is 0.270 e. The van der Waals surface area contributed by atoms with Gasteiger partial charge >= 0.3 is 0 Å². The Morgan fingerprint density at radius 3 is 2.21 bits per heavy atom.